The van der Waals surface area contributed by atoms with Gasteiger partial charge in [0.15, 0.2) is 5.65 Å². The van der Waals surface area contributed by atoms with Crippen LogP contribution in [0.5, 0.6) is 0 Å². The Bertz CT molecular complexity index is 1090. The van der Waals surface area contributed by atoms with E-state index in [1.165, 1.54) is 0 Å². The van der Waals surface area contributed by atoms with Gasteiger partial charge in [0, 0.05) is 16.9 Å². The average molecular weight is 442 g/mol. The number of benzene rings is 1. The monoisotopic (exact) mass is 441 g/mol. The number of halogens is 5. The van der Waals surface area contributed by atoms with Crippen LogP contribution in [0.15, 0.2) is 24.3 Å². The second-order valence-electron chi connectivity index (χ2n) is 8.54. The van der Waals surface area contributed by atoms with Gasteiger partial charge in [-0.05, 0) is 11.6 Å². The summed E-state index contributed by atoms with van der Waals surface area (Å²) in [7, 11) is 0. The molecule has 5 nitrogen and oxygen atoms in total. The minimum Gasteiger partial charge on any atom is -0.330 e. The normalized spacial score (nSPS) is 18.3. The van der Waals surface area contributed by atoms with E-state index in [4.69, 9.17) is 11.6 Å². The Balaban J connectivity index is 1.81. The number of anilines is 1. The third-order valence-electron chi connectivity index (χ3n) is 5.01. The van der Waals surface area contributed by atoms with Crippen molar-refractivity contribution in [3.05, 3.63) is 46.4 Å². The summed E-state index contributed by atoms with van der Waals surface area (Å²) in [6.07, 6.45) is 0.343. The predicted octanol–water partition coefficient (Wildman–Crippen LogP) is 4.99. The maximum Gasteiger partial charge on any atom is 0.329 e. The van der Waals surface area contributed by atoms with E-state index in [-0.39, 0.29) is 11.6 Å². The molecule has 0 spiro atoms. The molecule has 160 valence electrons. The summed E-state index contributed by atoms with van der Waals surface area (Å²) in [5, 5.41) is 0.556. The third-order valence-corrected chi connectivity index (χ3v) is 5.38. The Morgan fingerprint density at radius 3 is 2.27 bits per heavy atom. The van der Waals surface area contributed by atoms with E-state index >= 15 is 0 Å². The fourth-order valence-corrected chi connectivity index (χ4v) is 3.50. The average Bonchev–Trinajstić information content (AvgIpc) is 3.14. The molecule has 1 fully saturated rings. The fraction of sp³-hybridized carbons (Fsp3) is 0.450. The summed E-state index contributed by atoms with van der Waals surface area (Å²) in [6.45, 7) is 3.55. The van der Waals surface area contributed by atoms with Gasteiger partial charge in [-0.2, -0.15) is 22.5 Å². The van der Waals surface area contributed by atoms with Crippen molar-refractivity contribution in [2.24, 2.45) is 0 Å². The van der Waals surface area contributed by atoms with E-state index in [0.717, 1.165) is 10.5 Å². The van der Waals surface area contributed by atoms with Crippen molar-refractivity contribution >= 4 is 28.7 Å². The molecule has 1 N–H and O–H groups in total. The molecule has 30 heavy (non-hydrogen) atoms. The Labute approximate surface area is 175 Å². The highest BCUT2D eigenvalue weighted by atomic mass is 35.5. The van der Waals surface area contributed by atoms with Crippen molar-refractivity contribution in [2.75, 3.05) is 18.0 Å². The number of H-pyrrole nitrogens is 1. The van der Waals surface area contributed by atoms with Gasteiger partial charge in [0.1, 0.15) is 11.3 Å². The first-order chi connectivity index (χ1) is 13.9. The number of nitrogens with one attached hydrogen (secondary N) is 1. The summed E-state index contributed by atoms with van der Waals surface area (Å²) < 4.78 is 54.7. The molecule has 4 rings (SSSR count). The van der Waals surface area contributed by atoms with Crippen LogP contribution in [0.2, 0.25) is 5.02 Å². The SMILES string of the molecule is CC(C)(C)c1nc(Cc2ccccc2Cl)c2[nH]c(N3CC(F)(F)C(F)(F)C3)nc2n1. The molecule has 0 saturated carbocycles. The number of aromatic nitrogens is 4. The van der Waals surface area contributed by atoms with Gasteiger partial charge in [0.25, 0.3) is 0 Å². The van der Waals surface area contributed by atoms with Crippen molar-refractivity contribution < 1.29 is 17.6 Å². The molecule has 1 aliphatic rings. The molecule has 2 aromatic heterocycles. The van der Waals surface area contributed by atoms with E-state index in [1.807, 2.05) is 39.0 Å². The van der Waals surface area contributed by atoms with Crippen LogP contribution in [0.4, 0.5) is 23.5 Å². The Hall–Kier alpha value is -2.42. The molecule has 0 amide bonds. The van der Waals surface area contributed by atoms with Crippen LogP contribution in [-0.2, 0) is 11.8 Å². The van der Waals surface area contributed by atoms with E-state index in [0.29, 0.717) is 28.5 Å². The Morgan fingerprint density at radius 1 is 1.03 bits per heavy atom. The molecule has 1 aliphatic heterocycles. The molecule has 10 heteroatoms. The summed E-state index contributed by atoms with van der Waals surface area (Å²) >= 11 is 6.28. The topological polar surface area (TPSA) is 57.7 Å². The highest BCUT2D eigenvalue weighted by Gasteiger charge is 2.63. The summed E-state index contributed by atoms with van der Waals surface area (Å²) in [5.74, 6) is -7.83. The second kappa shape index (κ2) is 6.80. The molecule has 0 aliphatic carbocycles. The molecule has 0 atom stereocenters. The number of nitrogens with zero attached hydrogens (tertiary/aromatic N) is 4. The predicted molar refractivity (Wildman–Crippen MR) is 107 cm³/mol. The van der Waals surface area contributed by atoms with Gasteiger partial charge in [0.05, 0.1) is 18.8 Å². The Morgan fingerprint density at radius 2 is 1.67 bits per heavy atom. The van der Waals surface area contributed by atoms with Gasteiger partial charge in [-0.1, -0.05) is 50.6 Å². The first-order valence-corrected chi connectivity index (χ1v) is 9.76. The quantitative estimate of drug-likeness (QED) is 0.582. The molecule has 0 bridgehead atoms. The largest absolute Gasteiger partial charge is 0.330 e. The lowest BCUT2D eigenvalue weighted by Gasteiger charge is -2.17. The maximum atomic E-state index is 13.7. The third kappa shape index (κ3) is 3.59. The zero-order valence-corrected chi connectivity index (χ0v) is 17.4. The standard InChI is InChI=1S/C20H20ClF4N5/c1-18(2,3)16-26-13(8-11-6-4-5-7-12(11)21)14-15(28-16)29-17(27-14)30-9-19(22,23)20(24,25)10-30/h4-7H,8-10H2,1-3H3,(H,26,27,28,29). The maximum absolute atomic E-state index is 13.7. The zero-order chi connectivity index (χ0) is 21.9. The van der Waals surface area contributed by atoms with Crippen LogP contribution in [-0.4, -0.2) is 44.9 Å². The number of hydrogen-bond donors (Lipinski definition) is 1. The van der Waals surface area contributed by atoms with Crippen molar-refractivity contribution in [3.63, 3.8) is 0 Å². The molecule has 0 radical (unpaired) electrons. The highest BCUT2D eigenvalue weighted by Crippen LogP contribution is 2.42. The zero-order valence-electron chi connectivity index (χ0n) is 16.6. The van der Waals surface area contributed by atoms with Crippen molar-refractivity contribution in [2.45, 2.75) is 44.5 Å². The molecular weight excluding hydrogens is 422 g/mol. The van der Waals surface area contributed by atoms with Gasteiger partial charge < -0.3 is 9.88 Å². The number of rotatable bonds is 3. The lowest BCUT2D eigenvalue weighted by atomic mass is 9.95. The molecule has 3 heterocycles. The van der Waals surface area contributed by atoms with Crippen LogP contribution < -0.4 is 4.90 Å². The molecule has 1 saturated heterocycles. The number of alkyl halides is 4. The van der Waals surface area contributed by atoms with Crippen LogP contribution in [0.25, 0.3) is 11.2 Å². The van der Waals surface area contributed by atoms with Gasteiger partial charge in [-0.25, -0.2) is 9.97 Å². The Kier molecular flexibility index (Phi) is 4.72. The number of imidazole rings is 1. The summed E-state index contributed by atoms with van der Waals surface area (Å²) in [4.78, 5) is 17.1. The molecular formula is C20H20ClF4N5. The molecule has 1 aromatic carbocycles. The lowest BCUT2D eigenvalue weighted by molar-refractivity contribution is -0.172. The van der Waals surface area contributed by atoms with Gasteiger partial charge in [-0.3, -0.25) is 0 Å². The highest BCUT2D eigenvalue weighted by molar-refractivity contribution is 6.31. The van der Waals surface area contributed by atoms with E-state index in [1.54, 1.807) is 6.07 Å². The summed E-state index contributed by atoms with van der Waals surface area (Å²) in [5.41, 5.74) is 1.63. The van der Waals surface area contributed by atoms with E-state index < -0.39 is 30.3 Å². The van der Waals surface area contributed by atoms with Gasteiger partial charge >= 0.3 is 11.8 Å². The van der Waals surface area contributed by atoms with E-state index in [2.05, 4.69) is 19.9 Å². The number of hydrogen-bond acceptors (Lipinski definition) is 4. The second-order valence-corrected chi connectivity index (χ2v) is 8.94. The first kappa shape index (κ1) is 20.8. The van der Waals surface area contributed by atoms with Crippen LogP contribution in [0, 0.1) is 0 Å². The first-order valence-electron chi connectivity index (χ1n) is 9.38. The van der Waals surface area contributed by atoms with Crippen LogP contribution in [0.1, 0.15) is 37.9 Å². The molecule has 3 aromatic rings. The van der Waals surface area contributed by atoms with E-state index in [9.17, 15) is 17.6 Å². The smallest absolute Gasteiger partial charge is 0.329 e. The number of aromatic amines is 1. The lowest BCUT2D eigenvalue weighted by Crippen LogP contribution is -2.38. The van der Waals surface area contributed by atoms with Crippen molar-refractivity contribution in [1.29, 1.82) is 0 Å². The molecule has 0 unspecified atom stereocenters. The van der Waals surface area contributed by atoms with Crippen molar-refractivity contribution in [3.8, 4) is 0 Å². The minimum absolute atomic E-state index is 0.0809. The minimum atomic E-state index is -4.13. The fourth-order valence-electron chi connectivity index (χ4n) is 3.29. The van der Waals surface area contributed by atoms with Crippen LogP contribution >= 0.6 is 11.6 Å². The van der Waals surface area contributed by atoms with Gasteiger partial charge in [0.2, 0.25) is 5.95 Å². The van der Waals surface area contributed by atoms with Crippen molar-refractivity contribution in [1.82, 2.24) is 19.9 Å². The van der Waals surface area contributed by atoms with Gasteiger partial charge in [-0.15, -0.1) is 0 Å². The van der Waals surface area contributed by atoms with Crippen LogP contribution in [0.3, 0.4) is 0 Å². The summed E-state index contributed by atoms with van der Waals surface area (Å²) in [6, 6.07) is 7.26. The number of fused-ring (bicyclic) bond motifs is 1.